The van der Waals surface area contributed by atoms with Gasteiger partial charge in [-0.25, -0.2) is 8.78 Å². The van der Waals surface area contributed by atoms with E-state index >= 15 is 0 Å². The van der Waals surface area contributed by atoms with E-state index in [0.29, 0.717) is 12.8 Å². The van der Waals surface area contributed by atoms with Gasteiger partial charge in [-0.15, -0.1) is 0 Å². The van der Waals surface area contributed by atoms with Crippen LogP contribution < -0.4 is 0 Å². The number of aliphatic carboxylic acids is 1. The summed E-state index contributed by atoms with van der Waals surface area (Å²) < 4.78 is 67.4. The minimum Gasteiger partial charge on any atom is -0.481 e. The summed E-state index contributed by atoms with van der Waals surface area (Å²) >= 11 is 0. The molecule has 3 atom stereocenters. The van der Waals surface area contributed by atoms with Crippen LogP contribution in [0.4, 0.5) is 22.0 Å². The average molecular weight is 318 g/mol. The lowest BCUT2D eigenvalue weighted by molar-refractivity contribution is -0.275. The third kappa shape index (κ3) is 4.53. The minimum atomic E-state index is -5.43. The molecule has 1 rings (SSSR count). The maximum atomic E-state index is 13.0. The molecule has 0 radical (unpaired) electrons. The minimum absolute atomic E-state index is 0.00597. The van der Waals surface area contributed by atoms with Crippen molar-refractivity contribution < 1.29 is 41.4 Å². The summed E-state index contributed by atoms with van der Waals surface area (Å²) in [6.07, 6.45) is -7.95. The van der Waals surface area contributed by atoms with Gasteiger partial charge in [-0.05, 0) is 12.8 Å². The van der Waals surface area contributed by atoms with E-state index in [0.717, 1.165) is 0 Å². The van der Waals surface area contributed by atoms with Crippen LogP contribution in [0.3, 0.4) is 0 Å². The van der Waals surface area contributed by atoms with Crippen molar-refractivity contribution in [3.63, 3.8) is 0 Å². The molecule has 3 unspecified atom stereocenters. The third-order valence-corrected chi connectivity index (χ3v) is 3.38. The second-order valence-electron chi connectivity index (χ2n) is 5.15. The van der Waals surface area contributed by atoms with Gasteiger partial charge in [0.15, 0.2) is 0 Å². The number of esters is 1. The molecule has 1 saturated carbocycles. The molecule has 0 aromatic rings. The molecule has 4 nitrogen and oxygen atoms in total. The highest BCUT2D eigenvalue weighted by molar-refractivity contribution is 5.81. The Labute approximate surface area is 117 Å². The number of carbonyl (C=O) groups excluding carboxylic acids is 1. The molecule has 0 bridgehead atoms. The number of halogens is 5. The van der Waals surface area contributed by atoms with Crippen LogP contribution in [0.5, 0.6) is 0 Å². The fourth-order valence-corrected chi connectivity index (χ4v) is 2.37. The number of rotatable bonds is 4. The zero-order valence-electron chi connectivity index (χ0n) is 11.1. The van der Waals surface area contributed by atoms with Crippen molar-refractivity contribution >= 4 is 11.9 Å². The number of hydrogen-bond donors (Lipinski definition) is 1. The summed E-state index contributed by atoms with van der Waals surface area (Å²) in [6.45, 7) is -0.00597. The molecule has 0 heterocycles. The summed E-state index contributed by atoms with van der Waals surface area (Å²) in [4.78, 5) is 22.7. The van der Waals surface area contributed by atoms with Crippen molar-refractivity contribution in [2.45, 2.75) is 50.8 Å². The van der Waals surface area contributed by atoms with Crippen molar-refractivity contribution in [3.8, 4) is 0 Å². The van der Waals surface area contributed by atoms with Crippen molar-refractivity contribution in [2.24, 2.45) is 11.8 Å². The molecule has 0 aromatic heterocycles. The molecule has 1 fully saturated rings. The first-order valence-corrected chi connectivity index (χ1v) is 6.32. The monoisotopic (exact) mass is 318 g/mol. The smallest absolute Gasteiger partial charge is 0.431 e. The van der Waals surface area contributed by atoms with E-state index < -0.39 is 42.0 Å². The highest BCUT2D eigenvalue weighted by Gasteiger charge is 2.57. The van der Waals surface area contributed by atoms with E-state index in [1.54, 1.807) is 0 Å². The highest BCUT2D eigenvalue weighted by Crippen LogP contribution is 2.37. The number of ether oxygens (including phenoxy) is 1. The molecule has 0 spiro atoms. The Balaban J connectivity index is 2.88. The Morgan fingerprint density at radius 3 is 1.95 bits per heavy atom. The van der Waals surface area contributed by atoms with E-state index in [1.807, 2.05) is 0 Å². The Hall–Kier alpha value is -1.41. The van der Waals surface area contributed by atoms with E-state index in [4.69, 9.17) is 5.11 Å². The molecule has 0 aliphatic heterocycles. The number of alkyl halides is 5. The number of carboxylic acids is 1. The van der Waals surface area contributed by atoms with Crippen molar-refractivity contribution in [3.05, 3.63) is 0 Å². The number of carbonyl (C=O) groups is 2. The zero-order valence-corrected chi connectivity index (χ0v) is 11.1. The Bertz CT molecular complexity index is 387. The van der Waals surface area contributed by atoms with Gasteiger partial charge in [-0.1, -0.05) is 12.8 Å². The molecular weight excluding hydrogens is 303 g/mol. The lowest BCUT2D eigenvalue weighted by atomic mass is 9.79. The molecule has 21 heavy (non-hydrogen) atoms. The summed E-state index contributed by atoms with van der Waals surface area (Å²) in [7, 11) is 0. The fourth-order valence-electron chi connectivity index (χ4n) is 2.37. The quantitative estimate of drug-likeness (QED) is 0.639. The summed E-state index contributed by atoms with van der Waals surface area (Å²) in [6, 6.07) is 0. The first kappa shape index (κ1) is 17.6. The molecule has 0 saturated heterocycles. The van der Waals surface area contributed by atoms with Gasteiger partial charge in [0.1, 0.15) is 0 Å². The molecule has 1 aliphatic rings. The Kier molecular flexibility index (Phi) is 5.16. The molecule has 0 amide bonds. The molecule has 0 aromatic carbocycles. The second-order valence-corrected chi connectivity index (χ2v) is 5.15. The summed E-state index contributed by atoms with van der Waals surface area (Å²) in [5.74, 6) is -9.72. The molecular formula is C12H15F5O4. The van der Waals surface area contributed by atoms with Crippen molar-refractivity contribution in [1.29, 1.82) is 0 Å². The highest BCUT2D eigenvalue weighted by atomic mass is 19.4. The van der Waals surface area contributed by atoms with Gasteiger partial charge < -0.3 is 9.84 Å². The fraction of sp³-hybridized carbons (Fsp3) is 0.833. The standard InChI is InChI=1S/C12H15F5O4/c1-11(13,14)10(12(15,16)17)21-9(20)7-5-3-2-4-6(7)8(18)19/h6-7,10H,2-5H2,1H3,(H,18,19). The van der Waals surface area contributed by atoms with Crippen LogP contribution in [0, 0.1) is 11.8 Å². The first-order chi connectivity index (χ1) is 9.44. The van der Waals surface area contributed by atoms with Crippen LogP contribution in [0.15, 0.2) is 0 Å². The Morgan fingerprint density at radius 2 is 1.57 bits per heavy atom. The largest absolute Gasteiger partial charge is 0.481 e. The zero-order chi connectivity index (χ0) is 16.4. The average Bonchev–Trinajstić information content (AvgIpc) is 2.32. The van der Waals surface area contributed by atoms with Crippen LogP contribution >= 0.6 is 0 Å². The van der Waals surface area contributed by atoms with E-state index in [2.05, 4.69) is 4.74 Å². The van der Waals surface area contributed by atoms with E-state index in [-0.39, 0.29) is 19.8 Å². The van der Waals surface area contributed by atoms with Crippen LogP contribution in [0.1, 0.15) is 32.6 Å². The van der Waals surface area contributed by atoms with Crippen LogP contribution in [-0.4, -0.2) is 35.2 Å². The topological polar surface area (TPSA) is 63.6 Å². The lowest BCUT2D eigenvalue weighted by Crippen LogP contribution is -2.48. The Morgan fingerprint density at radius 1 is 1.10 bits per heavy atom. The predicted molar refractivity (Wildman–Crippen MR) is 59.6 cm³/mol. The second kappa shape index (κ2) is 6.15. The van der Waals surface area contributed by atoms with E-state index in [1.165, 1.54) is 0 Å². The normalized spacial score (nSPS) is 25.2. The summed E-state index contributed by atoms with van der Waals surface area (Å²) in [5, 5.41) is 8.93. The summed E-state index contributed by atoms with van der Waals surface area (Å²) in [5.41, 5.74) is 0. The van der Waals surface area contributed by atoms with Crippen LogP contribution in [-0.2, 0) is 14.3 Å². The number of hydrogen-bond acceptors (Lipinski definition) is 3. The maximum Gasteiger partial charge on any atom is 0.431 e. The van der Waals surface area contributed by atoms with Gasteiger partial charge >= 0.3 is 18.1 Å². The van der Waals surface area contributed by atoms with E-state index in [9.17, 15) is 31.5 Å². The third-order valence-electron chi connectivity index (χ3n) is 3.38. The number of carboxylic acid groups (broad SMARTS) is 1. The van der Waals surface area contributed by atoms with Gasteiger partial charge in [0, 0.05) is 6.92 Å². The maximum absolute atomic E-state index is 13.0. The lowest BCUT2D eigenvalue weighted by Gasteiger charge is -2.31. The van der Waals surface area contributed by atoms with Crippen LogP contribution in [0.2, 0.25) is 0 Å². The van der Waals surface area contributed by atoms with Gasteiger partial charge in [0.2, 0.25) is 0 Å². The van der Waals surface area contributed by atoms with Crippen molar-refractivity contribution in [2.75, 3.05) is 0 Å². The van der Waals surface area contributed by atoms with Gasteiger partial charge in [0.25, 0.3) is 12.0 Å². The van der Waals surface area contributed by atoms with Gasteiger partial charge in [-0.2, -0.15) is 13.2 Å². The molecule has 9 heteroatoms. The SMILES string of the molecule is CC(F)(F)C(OC(=O)C1CCCCC1C(=O)O)C(F)(F)F. The van der Waals surface area contributed by atoms with Gasteiger partial charge in [0.05, 0.1) is 11.8 Å². The molecule has 1 N–H and O–H groups in total. The van der Waals surface area contributed by atoms with Crippen molar-refractivity contribution in [1.82, 2.24) is 0 Å². The van der Waals surface area contributed by atoms with Crippen LogP contribution in [0.25, 0.3) is 0 Å². The predicted octanol–water partition coefficient (Wildman–Crippen LogP) is 3.01. The molecule has 122 valence electrons. The molecule has 1 aliphatic carbocycles. The first-order valence-electron chi connectivity index (χ1n) is 6.32. The van der Waals surface area contributed by atoms with Gasteiger partial charge in [-0.3, -0.25) is 9.59 Å².